The van der Waals surface area contributed by atoms with Crippen LogP contribution in [0.4, 0.5) is 0 Å². The van der Waals surface area contributed by atoms with Gasteiger partial charge in [0.15, 0.2) is 0 Å². The average molecular weight is 178 g/mol. The van der Waals surface area contributed by atoms with Gasteiger partial charge in [0, 0.05) is 0 Å². The van der Waals surface area contributed by atoms with Gasteiger partial charge in [-0.1, -0.05) is 18.2 Å². The van der Waals surface area contributed by atoms with Gasteiger partial charge in [0.1, 0.15) is 5.75 Å². The van der Waals surface area contributed by atoms with Crippen LogP contribution in [-0.4, -0.2) is 16.3 Å². The summed E-state index contributed by atoms with van der Waals surface area (Å²) in [6.45, 7) is 0. The predicted molar refractivity (Wildman–Crippen MR) is 50.7 cm³/mol. The first-order valence-corrected chi connectivity index (χ1v) is 4.73. The van der Waals surface area contributed by atoms with Gasteiger partial charge in [0.05, 0.1) is 6.10 Å². The van der Waals surface area contributed by atoms with E-state index in [2.05, 4.69) is 0 Å². The Labute approximate surface area is 77.8 Å². The van der Waals surface area contributed by atoms with E-state index < -0.39 is 0 Å². The van der Waals surface area contributed by atoms with Crippen LogP contribution in [-0.2, 0) is 0 Å². The number of hydrogen-bond donors (Lipinski definition) is 2. The minimum absolute atomic E-state index is 0.176. The monoisotopic (exact) mass is 178 g/mol. The van der Waals surface area contributed by atoms with Gasteiger partial charge in [-0.2, -0.15) is 0 Å². The Morgan fingerprint density at radius 2 is 1.92 bits per heavy atom. The standard InChI is InChI=1S/C11H14O2/c12-9-6-5-8(7-9)10-3-1-2-4-11(10)13/h1-4,8-9,12-13H,5-7H2. The molecule has 2 heteroatoms. The van der Waals surface area contributed by atoms with Gasteiger partial charge >= 0.3 is 0 Å². The highest BCUT2D eigenvalue weighted by Gasteiger charge is 2.25. The summed E-state index contributed by atoms with van der Waals surface area (Å²) in [6, 6.07) is 7.40. The van der Waals surface area contributed by atoms with Gasteiger partial charge < -0.3 is 10.2 Å². The molecule has 1 aromatic rings. The summed E-state index contributed by atoms with van der Waals surface area (Å²) in [6.07, 6.45) is 2.46. The third-order valence-electron chi connectivity index (χ3n) is 2.78. The van der Waals surface area contributed by atoms with E-state index in [1.165, 1.54) is 0 Å². The lowest BCUT2D eigenvalue weighted by atomic mass is 9.97. The van der Waals surface area contributed by atoms with Crippen molar-refractivity contribution < 1.29 is 10.2 Å². The van der Waals surface area contributed by atoms with Crippen LogP contribution in [0.3, 0.4) is 0 Å². The van der Waals surface area contributed by atoms with Gasteiger partial charge in [0.25, 0.3) is 0 Å². The second-order valence-electron chi connectivity index (χ2n) is 3.72. The Balaban J connectivity index is 2.21. The highest BCUT2D eigenvalue weighted by molar-refractivity contribution is 5.35. The van der Waals surface area contributed by atoms with Crippen LogP contribution in [0.2, 0.25) is 0 Å². The lowest BCUT2D eigenvalue weighted by Gasteiger charge is -2.10. The molecular weight excluding hydrogens is 164 g/mol. The van der Waals surface area contributed by atoms with Gasteiger partial charge in [-0.15, -0.1) is 0 Å². The first-order chi connectivity index (χ1) is 6.27. The fourth-order valence-electron chi connectivity index (χ4n) is 2.07. The molecular formula is C11H14O2. The molecule has 2 unspecified atom stereocenters. The lowest BCUT2D eigenvalue weighted by molar-refractivity contribution is 0.181. The average Bonchev–Trinajstić information content (AvgIpc) is 2.53. The summed E-state index contributed by atoms with van der Waals surface area (Å²) in [4.78, 5) is 0. The summed E-state index contributed by atoms with van der Waals surface area (Å²) >= 11 is 0. The zero-order valence-electron chi connectivity index (χ0n) is 7.48. The first-order valence-electron chi connectivity index (χ1n) is 4.73. The number of rotatable bonds is 1. The second-order valence-corrected chi connectivity index (χ2v) is 3.72. The number of aliphatic hydroxyl groups is 1. The molecule has 0 bridgehead atoms. The molecule has 0 radical (unpaired) electrons. The van der Waals surface area contributed by atoms with Crippen LogP contribution < -0.4 is 0 Å². The maximum atomic E-state index is 9.58. The van der Waals surface area contributed by atoms with Crippen molar-refractivity contribution in [1.82, 2.24) is 0 Å². The van der Waals surface area contributed by atoms with Crippen LogP contribution in [0.1, 0.15) is 30.7 Å². The van der Waals surface area contributed by atoms with E-state index in [0.29, 0.717) is 11.7 Å². The van der Waals surface area contributed by atoms with E-state index >= 15 is 0 Å². The quantitative estimate of drug-likeness (QED) is 0.690. The number of benzene rings is 1. The Hall–Kier alpha value is -1.02. The normalized spacial score (nSPS) is 27.8. The molecule has 2 nitrogen and oxygen atoms in total. The van der Waals surface area contributed by atoms with Crippen molar-refractivity contribution in [3.05, 3.63) is 29.8 Å². The van der Waals surface area contributed by atoms with Crippen molar-refractivity contribution in [2.45, 2.75) is 31.3 Å². The predicted octanol–water partition coefficient (Wildman–Crippen LogP) is 2.02. The summed E-state index contributed by atoms with van der Waals surface area (Å²) in [5, 5.41) is 18.9. The van der Waals surface area contributed by atoms with E-state index in [4.69, 9.17) is 0 Å². The van der Waals surface area contributed by atoms with Gasteiger partial charge in [-0.3, -0.25) is 0 Å². The van der Waals surface area contributed by atoms with E-state index in [1.807, 2.05) is 18.2 Å². The van der Waals surface area contributed by atoms with E-state index in [0.717, 1.165) is 24.8 Å². The lowest BCUT2D eigenvalue weighted by Crippen LogP contribution is -1.99. The van der Waals surface area contributed by atoms with Crippen LogP contribution in [0.25, 0.3) is 0 Å². The van der Waals surface area contributed by atoms with E-state index in [-0.39, 0.29) is 6.10 Å². The van der Waals surface area contributed by atoms with Gasteiger partial charge in [-0.05, 0) is 36.8 Å². The minimum atomic E-state index is -0.176. The first kappa shape index (κ1) is 8.57. The Morgan fingerprint density at radius 1 is 1.15 bits per heavy atom. The molecule has 13 heavy (non-hydrogen) atoms. The summed E-state index contributed by atoms with van der Waals surface area (Å²) in [5.74, 6) is 0.706. The summed E-state index contributed by atoms with van der Waals surface area (Å²) in [5.41, 5.74) is 0.985. The topological polar surface area (TPSA) is 40.5 Å². The van der Waals surface area contributed by atoms with Crippen LogP contribution in [0.5, 0.6) is 5.75 Å². The molecule has 2 N–H and O–H groups in total. The van der Waals surface area contributed by atoms with Crippen LogP contribution >= 0.6 is 0 Å². The molecule has 1 aromatic carbocycles. The largest absolute Gasteiger partial charge is 0.508 e. The zero-order valence-corrected chi connectivity index (χ0v) is 7.48. The third kappa shape index (κ3) is 1.68. The van der Waals surface area contributed by atoms with E-state index in [1.54, 1.807) is 6.07 Å². The molecule has 0 amide bonds. The maximum Gasteiger partial charge on any atom is 0.119 e. The van der Waals surface area contributed by atoms with Gasteiger partial charge in [0.2, 0.25) is 0 Å². The molecule has 1 fully saturated rings. The molecule has 1 saturated carbocycles. The molecule has 2 atom stereocenters. The van der Waals surface area contributed by atoms with Crippen molar-refractivity contribution in [1.29, 1.82) is 0 Å². The Morgan fingerprint density at radius 3 is 2.54 bits per heavy atom. The number of phenols is 1. The van der Waals surface area contributed by atoms with Crippen molar-refractivity contribution in [3.8, 4) is 5.75 Å². The Kier molecular flexibility index (Phi) is 2.23. The molecule has 0 aromatic heterocycles. The third-order valence-corrected chi connectivity index (χ3v) is 2.78. The van der Waals surface area contributed by atoms with Crippen molar-refractivity contribution in [3.63, 3.8) is 0 Å². The van der Waals surface area contributed by atoms with Crippen molar-refractivity contribution in [2.24, 2.45) is 0 Å². The minimum Gasteiger partial charge on any atom is -0.508 e. The van der Waals surface area contributed by atoms with Crippen molar-refractivity contribution in [2.75, 3.05) is 0 Å². The molecule has 1 aliphatic carbocycles. The number of para-hydroxylation sites is 1. The number of phenolic OH excluding ortho intramolecular Hbond substituents is 1. The number of aliphatic hydroxyl groups excluding tert-OH is 1. The molecule has 0 spiro atoms. The van der Waals surface area contributed by atoms with Crippen LogP contribution in [0, 0.1) is 0 Å². The highest BCUT2D eigenvalue weighted by Crippen LogP contribution is 2.38. The maximum absolute atomic E-state index is 9.58. The van der Waals surface area contributed by atoms with E-state index in [9.17, 15) is 10.2 Å². The smallest absolute Gasteiger partial charge is 0.119 e. The zero-order chi connectivity index (χ0) is 9.26. The molecule has 70 valence electrons. The fraction of sp³-hybridized carbons (Fsp3) is 0.455. The molecule has 1 aliphatic rings. The summed E-state index contributed by atoms with van der Waals surface area (Å²) < 4.78 is 0. The van der Waals surface area contributed by atoms with Gasteiger partial charge in [-0.25, -0.2) is 0 Å². The highest BCUT2D eigenvalue weighted by atomic mass is 16.3. The molecule has 0 heterocycles. The Bertz CT molecular complexity index is 296. The molecule has 0 saturated heterocycles. The molecule has 2 rings (SSSR count). The fourth-order valence-corrected chi connectivity index (χ4v) is 2.07. The summed E-state index contributed by atoms with van der Waals surface area (Å²) in [7, 11) is 0. The second kappa shape index (κ2) is 3.38. The number of hydrogen-bond acceptors (Lipinski definition) is 2. The molecule has 0 aliphatic heterocycles. The van der Waals surface area contributed by atoms with Crippen molar-refractivity contribution >= 4 is 0 Å². The van der Waals surface area contributed by atoms with Crippen LogP contribution in [0.15, 0.2) is 24.3 Å². The number of aromatic hydroxyl groups is 1. The SMILES string of the molecule is Oc1ccccc1C1CCC(O)C1.